The molecule has 1 saturated carbocycles. The first-order valence-electron chi connectivity index (χ1n) is 8.18. The molecule has 1 aromatic heterocycles. The Kier molecular flexibility index (Phi) is 4.55. The molecule has 0 bridgehead atoms. The fourth-order valence-electron chi connectivity index (χ4n) is 3.07. The van der Waals surface area contributed by atoms with E-state index >= 15 is 0 Å². The number of aryl methyl sites for hydroxylation is 1. The van der Waals surface area contributed by atoms with Gasteiger partial charge in [-0.05, 0) is 30.5 Å². The quantitative estimate of drug-likeness (QED) is 0.676. The first-order chi connectivity index (χ1) is 11.5. The maximum absolute atomic E-state index is 13.5. The van der Waals surface area contributed by atoms with Crippen LogP contribution in [0.1, 0.15) is 24.0 Å². The van der Waals surface area contributed by atoms with Crippen LogP contribution in [0, 0.1) is 5.82 Å². The lowest BCUT2D eigenvalue weighted by Crippen LogP contribution is -2.42. The maximum Gasteiger partial charge on any atom is 0.193 e. The van der Waals surface area contributed by atoms with Crippen LogP contribution in [-0.4, -0.2) is 41.3 Å². The Morgan fingerprint density at radius 3 is 2.83 bits per heavy atom. The van der Waals surface area contributed by atoms with Crippen LogP contribution >= 0.6 is 0 Å². The number of benzene rings is 1. The second kappa shape index (κ2) is 6.63. The molecule has 2 aromatic rings. The van der Waals surface area contributed by atoms with E-state index in [1.165, 1.54) is 6.07 Å². The summed E-state index contributed by atoms with van der Waals surface area (Å²) in [5.74, 6) is 0.665. The van der Waals surface area contributed by atoms with Crippen molar-refractivity contribution in [2.75, 3.05) is 20.6 Å². The van der Waals surface area contributed by atoms with Gasteiger partial charge in [-0.2, -0.15) is 5.10 Å². The monoisotopic (exact) mass is 329 g/mol. The van der Waals surface area contributed by atoms with Crippen LogP contribution in [-0.2, 0) is 19.0 Å². The summed E-state index contributed by atoms with van der Waals surface area (Å²) in [6.45, 7) is 1.50. The van der Waals surface area contributed by atoms with Crippen LogP contribution in [0.25, 0.3) is 0 Å². The van der Waals surface area contributed by atoms with E-state index in [0.717, 1.165) is 43.0 Å². The van der Waals surface area contributed by atoms with Gasteiger partial charge in [0.2, 0.25) is 0 Å². The van der Waals surface area contributed by atoms with Gasteiger partial charge >= 0.3 is 0 Å². The molecule has 1 aromatic carbocycles. The Morgan fingerprint density at radius 1 is 1.46 bits per heavy atom. The highest BCUT2D eigenvalue weighted by atomic mass is 19.1. The van der Waals surface area contributed by atoms with Crippen molar-refractivity contribution in [1.82, 2.24) is 20.0 Å². The van der Waals surface area contributed by atoms with Gasteiger partial charge in [0, 0.05) is 51.4 Å². The average Bonchev–Trinajstić information content (AvgIpc) is 3.24. The van der Waals surface area contributed by atoms with Crippen LogP contribution in [0.5, 0.6) is 0 Å². The van der Waals surface area contributed by atoms with Gasteiger partial charge in [-0.25, -0.2) is 4.39 Å². The highest BCUT2D eigenvalue weighted by Gasteiger charge is 2.44. The molecule has 0 saturated heterocycles. The molecule has 0 spiro atoms. The summed E-state index contributed by atoms with van der Waals surface area (Å²) in [6, 6.07) is 6.94. The highest BCUT2D eigenvalue weighted by molar-refractivity contribution is 5.79. The van der Waals surface area contributed by atoms with Gasteiger partial charge in [0.15, 0.2) is 5.96 Å². The van der Waals surface area contributed by atoms with Gasteiger partial charge in [0.25, 0.3) is 0 Å². The SMILES string of the molecule is CN=C(NCC1(c2cccc(F)c2)CC1)N(C)Cc1cnn(C)c1. The first-order valence-corrected chi connectivity index (χ1v) is 8.18. The topological polar surface area (TPSA) is 45.5 Å². The lowest BCUT2D eigenvalue weighted by molar-refractivity contribution is 0.469. The van der Waals surface area contributed by atoms with E-state index in [9.17, 15) is 4.39 Å². The number of rotatable bonds is 5. The molecule has 1 aliphatic rings. The molecule has 0 atom stereocenters. The lowest BCUT2D eigenvalue weighted by Gasteiger charge is -2.24. The standard InChI is InChI=1S/C18H24FN5/c1-20-17(23(2)11-14-10-22-24(3)12-14)21-13-18(7-8-18)15-5-4-6-16(19)9-15/h4-6,9-10,12H,7-8,11,13H2,1-3H3,(H,20,21). The Bertz CT molecular complexity index is 733. The van der Waals surface area contributed by atoms with Crippen LogP contribution in [0.4, 0.5) is 4.39 Å². The predicted molar refractivity (Wildman–Crippen MR) is 93.3 cm³/mol. The summed E-state index contributed by atoms with van der Waals surface area (Å²) in [6.07, 6.45) is 6.01. The Morgan fingerprint density at radius 2 is 2.25 bits per heavy atom. The van der Waals surface area contributed by atoms with Crippen LogP contribution in [0.2, 0.25) is 0 Å². The van der Waals surface area contributed by atoms with Crippen molar-refractivity contribution in [2.24, 2.45) is 12.0 Å². The molecule has 3 rings (SSSR count). The van der Waals surface area contributed by atoms with E-state index < -0.39 is 0 Å². The number of nitrogens with zero attached hydrogens (tertiary/aromatic N) is 4. The molecule has 6 heteroatoms. The van der Waals surface area contributed by atoms with Crippen LogP contribution in [0.3, 0.4) is 0 Å². The number of halogens is 1. The smallest absolute Gasteiger partial charge is 0.193 e. The molecule has 0 radical (unpaired) electrons. The van der Waals surface area contributed by atoms with E-state index in [2.05, 4.69) is 20.3 Å². The van der Waals surface area contributed by atoms with Crippen molar-refractivity contribution in [2.45, 2.75) is 24.8 Å². The molecule has 5 nitrogen and oxygen atoms in total. The van der Waals surface area contributed by atoms with Gasteiger partial charge in [-0.15, -0.1) is 0 Å². The maximum atomic E-state index is 13.5. The zero-order valence-corrected chi connectivity index (χ0v) is 14.5. The summed E-state index contributed by atoms with van der Waals surface area (Å²) in [5, 5.41) is 7.64. The molecule has 24 heavy (non-hydrogen) atoms. The van der Waals surface area contributed by atoms with Gasteiger partial charge in [-0.1, -0.05) is 12.1 Å². The molecule has 0 unspecified atom stereocenters. The molecule has 1 heterocycles. The number of hydrogen-bond donors (Lipinski definition) is 1. The number of aliphatic imine (C=N–C) groups is 1. The van der Waals surface area contributed by atoms with Crippen LogP contribution < -0.4 is 5.32 Å². The number of hydrogen-bond acceptors (Lipinski definition) is 2. The van der Waals surface area contributed by atoms with Crippen molar-refractivity contribution >= 4 is 5.96 Å². The van der Waals surface area contributed by atoms with E-state index in [0.29, 0.717) is 0 Å². The molecule has 1 N–H and O–H groups in total. The summed E-state index contributed by atoms with van der Waals surface area (Å²) >= 11 is 0. The fraction of sp³-hybridized carbons (Fsp3) is 0.444. The minimum atomic E-state index is -0.170. The van der Waals surface area contributed by atoms with Crippen molar-refractivity contribution < 1.29 is 4.39 Å². The fourth-order valence-corrected chi connectivity index (χ4v) is 3.07. The molecular formula is C18H24FN5. The first kappa shape index (κ1) is 16.5. The molecular weight excluding hydrogens is 305 g/mol. The third-order valence-electron chi connectivity index (χ3n) is 4.63. The third-order valence-corrected chi connectivity index (χ3v) is 4.63. The zero-order valence-electron chi connectivity index (χ0n) is 14.5. The highest BCUT2D eigenvalue weighted by Crippen LogP contribution is 2.47. The van der Waals surface area contributed by atoms with Gasteiger partial charge < -0.3 is 10.2 Å². The predicted octanol–water partition coefficient (Wildman–Crippen LogP) is 2.30. The van der Waals surface area contributed by atoms with Crippen molar-refractivity contribution in [3.63, 3.8) is 0 Å². The molecule has 1 aliphatic carbocycles. The second-order valence-corrected chi connectivity index (χ2v) is 6.57. The second-order valence-electron chi connectivity index (χ2n) is 6.57. The number of nitrogens with one attached hydrogen (secondary N) is 1. The van der Waals surface area contributed by atoms with Gasteiger partial charge in [-0.3, -0.25) is 9.67 Å². The summed E-state index contributed by atoms with van der Waals surface area (Å²) in [4.78, 5) is 6.43. The molecule has 128 valence electrons. The van der Waals surface area contributed by atoms with Gasteiger partial charge in [0.05, 0.1) is 6.20 Å². The molecule has 1 fully saturated rings. The average molecular weight is 329 g/mol. The number of aromatic nitrogens is 2. The molecule has 0 amide bonds. The molecule has 0 aliphatic heterocycles. The lowest BCUT2D eigenvalue weighted by atomic mass is 9.96. The Balaban J connectivity index is 1.62. The minimum absolute atomic E-state index is 0.0349. The van der Waals surface area contributed by atoms with E-state index in [1.807, 2.05) is 32.6 Å². The normalized spacial score (nSPS) is 16.1. The summed E-state index contributed by atoms with van der Waals surface area (Å²) in [5.41, 5.74) is 2.24. The van der Waals surface area contributed by atoms with E-state index in [4.69, 9.17) is 0 Å². The van der Waals surface area contributed by atoms with E-state index in [1.54, 1.807) is 23.9 Å². The third kappa shape index (κ3) is 3.58. The van der Waals surface area contributed by atoms with Crippen LogP contribution in [0.15, 0.2) is 41.7 Å². The summed E-state index contributed by atoms with van der Waals surface area (Å²) < 4.78 is 15.3. The zero-order chi connectivity index (χ0) is 17.2. The van der Waals surface area contributed by atoms with Gasteiger partial charge in [0.1, 0.15) is 5.82 Å². The van der Waals surface area contributed by atoms with Crippen molar-refractivity contribution in [3.8, 4) is 0 Å². The summed E-state index contributed by atoms with van der Waals surface area (Å²) in [7, 11) is 5.69. The Hall–Kier alpha value is -2.37. The minimum Gasteiger partial charge on any atom is -0.355 e. The van der Waals surface area contributed by atoms with Crippen molar-refractivity contribution in [3.05, 3.63) is 53.6 Å². The van der Waals surface area contributed by atoms with E-state index in [-0.39, 0.29) is 11.2 Å². The largest absolute Gasteiger partial charge is 0.355 e. The van der Waals surface area contributed by atoms with Crippen molar-refractivity contribution in [1.29, 1.82) is 0 Å². The Labute approximate surface area is 142 Å². The number of guanidine groups is 1.